The van der Waals surface area contributed by atoms with E-state index in [4.69, 9.17) is 17.2 Å². The molecule has 0 bridgehead atoms. The zero-order valence-electron chi connectivity index (χ0n) is 8.40. The van der Waals surface area contributed by atoms with Crippen LogP contribution in [0.15, 0.2) is 0 Å². The van der Waals surface area contributed by atoms with Gasteiger partial charge in [-0.15, -0.1) is 0 Å². The number of nitrogens with two attached hydrogens (primary N) is 3. The van der Waals surface area contributed by atoms with Crippen molar-refractivity contribution in [2.24, 2.45) is 11.5 Å². The van der Waals surface area contributed by atoms with Crippen molar-refractivity contribution in [3.63, 3.8) is 0 Å². The highest BCUT2D eigenvalue weighted by molar-refractivity contribution is 5.39. The lowest BCUT2D eigenvalue weighted by Gasteiger charge is -2.06. The van der Waals surface area contributed by atoms with Crippen molar-refractivity contribution in [1.29, 1.82) is 0 Å². The summed E-state index contributed by atoms with van der Waals surface area (Å²) in [4.78, 5) is 11.9. The number of anilines is 3. The monoisotopic (exact) mass is 212 g/mol. The summed E-state index contributed by atoms with van der Waals surface area (Å²) >= 11 is 0. The Hall–Kier alpha value is -1.67. The summed E-state index contributed by atoms with van der Waals surface area (Å²) in [5.41, 5.74) is 16.2. The highest BCUT2D eigenvalue weighted by Gasteiger charge is 2.02. The van der Waals surface area contributed by atoms with Crippen LogP contribution in [0.4, 0.5) is 17.8 Å². The zero-order valence-corrected chi connectivity index (χ0v) is 8.40. The molecule has 0 radical (unpaired) electrons. The van der Waals surface area contributed by atoms with Crippen molar-refractivity contribution in [1.82, 2.24) is 15.0 Å². The number of nitrogens with one attached hydrogen (secondary N) is 2. The zero-order chi connectivity index (χ0) is 11.1. The molecule has 0 aliphatic carbocycles. The van der Waals surface area contributed by atoms with E-state index < -0.39 is 0 Å². The van der Waals surface area contributed by atoms with Crippen molar-refractivity contribution in [2.75, 3.05) is 42.5 Å². The predicted octanol–water partition coefficient (Wildman–Crippen LogP) is -1.80. The average Bonchev–Trinajstić information content (AvgIpc) is 2.23. The summed E-state index contributed by atoms with van der Waals surface area (Å²) in [6, 6.07) is 0. The minimum Gasteiger partial charge on any atom is -0.368 e. The van der Waals surface area contributed by atoms with E-state index in [1.54, 1.807) is 0 Å². The number of aromatic nitrogens is 3. The van der Waals surface area contributed by atoms with Gasteiger partial charge in [-0.3, -0.25) is 0 Å². The Morgan fingerprint density at radius 1 is 0.867 bits per heavy atom. The first-order valence-corrected chi connectivity index (χ1v) is 4.65. The van der Waals surface area contributed by atoms with Crippen LogP contribution in [-0.2, 0) is 0 Å². The lowest BCUT2D eigenvalue weighted by Crippen LogP contribution is -2.18. The molecule has 0 unspecified atom stereocenters. The van der Waals surface area contributed by atoms with Gasteiger partial charge >= 0.3 is 0 Å². The van der Waals surface area contributed by atoms with Gasteiger partial charge in [-0.1, -0.05) is 0 Å². The fourth-order valence-corrected chi connectivity index (χ4v) is 0.918. The third-order valence-corrected chi connectivity index (χ3v) is 1.51. The second kappa shape index (κ2) is 5.94. The number of nitrogen functional groups attached to an aromatic ring is 1. The number of nitrogens with zero attached hydrogens (tertiary/aromatic N) is 3. The molecular formula is C7H16N8. The summed E-state index contributed by atoms with van der Waals surface area (Å²) in [5.74, 6) is 0.976. The van der Waals surface area contributed by atoms with Crippen LogP contribution < -0.4 is 27.8 Å². The highest BCUT2D eigenvalue weighted by Crippen LogP contribution is 2.05. The van der Waals surface area contributed by atoms with Gasteiger partial charge in [0.2, 0.25) is 17.8 Å². The standard InChI is InChI=1S/C7H16N8/c8-1-3-11-6-13-5(10)14-7(15-6)12-4-2-9/h1-4,8-9H2,(H4,10,11,12,13,14,15). The molecule has 0 aromatic carbocycles. The lowest BCUT2D eigenvalue weighted by molar-refractivity contribution is 0.950. The molecule has 0 spiro atoms. The minimum absolute atomic E-state index is 0.157. The highest BCUT2D eigenvalue weighted by atomic mass is 15.2. The van der Waals surface area contributed by atoms with Crippen LogP contribution in [0.25, 0.3) is 0 Å². The molecule has 8 heteroatoms. The number of hydrogen-bond acceptors (Lipinski definition) is 8. The maximum atomic E-state index is 5.50. The van der Waals surface area contributed by atoms with Crippen LogP contribution in [-0.4, -0.2) is 41.1 Å². The average molecular weight is 212 g/mol. The molecule has 1 rings (SSSR count). The first-order valence-electron chi connectivity index (χ1n) is 4.65. The van der Waals surface area contributed by atoms with Gasteiger partial charge in [-0.25, -0.2) is 0 Å². The van der Waals surface area contributed by atoms with Gasteiger partial charge in [-0.2, -0.15) is 15.0 Å². The molecule has 0 aliphatic rings. The van der Waals surface area contributed by atoms with Crippen LogP contribution >= 0.6 is 0 Å². The molecular weight excluding hydrogens is 196 g/mol. The lowest BCUT2D eigenvalue weighted by atomic mass is 10.6. The molecule has 8 nitrogen and oxygen atoms in total. The number of rotatable bonds is 6. The van der Waals surface area contributed by atoms with Gasteiger partial charge in [-0.05, 0) is 0 Å². The Balaban J connectivity index is 2.66. The van der Waals surface area contributed by atoms with E-state index >= 15 is 0 Å². The number of hydrogen-bond donors (Lipinski definition) is 5. The summed E-state index contributed by atoms with van der Waals surface area (Å²) < 4.78 is 0. The Labute approximate surface area is 87.7 Å². The summed E-state index contributed by atoms with van der Waals surface area (Å²) in [7, 11) is 0. The van der Waals surface area contributed by atoms with Crippen molar-refractivity contribution in [3.8, 4) is 0 Å². The third kappa shape index (κ3) is 3.92. The minimum atomic E-state index is 0.157. The van der Waals surface area contributed by atoms with E-state index in [9.17, 15) is 0 Å². The topological polar surface area (TPSA) is 141 Å². The second-order valence-corrected chi connectivity index (χ2v) is 2.77. The van der Waals surface area contributed by atoms with E-state index in [2.05, 4.69) is 25.6 Å². The molecule has 1 heterocycles. The van der Waals surface area contributed by atoms with Crippen LogP contribution in [0.2, 0.25) is 0 Å². The fourth-order valence-electron chi connectivity index (χ4n) is 0.918. The quantitative estimate of drug-likeness (QED) is 0.372. The SMILES string of the molecule is NCCNc1nc(N)nc(NCCN)n1. The van der Waals surface area contributed by atoms with E-state index in [-0.39, 0.29) is 5.95 Å². The first kappa shape index (κ1) is 11.4. The molecule has 0 aliphatic heterocycles. The molecule has 84 valence electrons. The fraction of sp³-hybridized carbons (Fsp3) is 0.571. The Bertz CT molecular complexity index is 275. The van der Waals surface area contributed by atoms with Gasteiger partial charge in [0.15, 0.2) is 0 Å². The molecule has 0 saturated carbocycles. The van der Waals surface area contributed by atoms with E-state index in [0.717, 1.165) is 0 Å². The van der Waals surface area contributed by atoms with E-state index in [1.807, 2.05) is 0 Å². The molecule has 8 N–H and O–H groups in total. The van der Waals surface area contributed by atoms with E-state index in [0.29, 0.717) is 38.1 Å². The largest absolute Gasteiger partial charge is 0.368 e. The third-order valence-electron chi connectivity index (χ3n) is 1.51. The summed E-state index contributed by atoms with van der Waals surface area (Å²) in [5, 5.41) is 5.83. The first-order chi connectivity index (χ1) is 7.26. The summed E-state index contributed by atoms with van der Waals surface area (Å²) in [6.45, 7) is 2.16. The van der Waals surface area contributed by atoms with Gasteiger partial charge in [0, 0.05) is 26.2 Å². The van der Waals surface area contributed by atoms with Crippen LogP contribution in [0, 0.1) is 0 Å². The van der Waals surface area contributed by atoms with Crippen molar-refractivity contribution < 1.29 is 0 Å². The van der Waals surface area contributed by atoms with Crippen LogP contribution in [0.1, 0.15) is 0 Å². The van der Waals surface area contributed by atoms with Crippen molar-refractivity contribution >= 4 is 17.8 Å². The van der Waals surface area contributed by atoms with Gasteiger partial charge < -0.3 is 27.8 Å². The predicted molar refractivity (Wildman–Crippen MR) is 59.3 cm³/mol. The molecule has 0 saturated heterocycles. The maximum Gasteiger partial charge on any atom is 0.229 e. The normalized spacial score (nSPS) is 10.0. The van der Waals surface area contributed by atoms with Crippen molar-refractivity contribution in [3.05, 3.63) is 0 Å². The Morgan fingerprint density at radius 2 is 1.33 bits per heavy atom. The van der Waals surface area contributed by atoms with Crippen molar-refractivity contribution in [2.45, 2.75) is 0 Å². The molecule has 1 aromatic rings. The van der Waals surface area contributed by atoms with Crippen LogP contribution in [0.5, 0.6) is 0 Å². The summed E-state index contributed by atoms with van der Waals surface area (Å²) in [6.07, 6.45) is 0. The molecule has 15 heavy (non-hydrogen) atoms. The second-order valence-electron chi connectivity index (χ2n) is 2.77. The van der Waals surface area contributed by atoms with Gasteiger partial charge in [0.05, 0.1) is 0 Å². The Kier molecular flexibility index (Phi) is 4.51. The van der Waals surface area contributed by atoms with Crippen LogP contribution in [0.3, 0.4) is 0 Å². The Morgan fingerprint density at radius 3 is 1.73 bits per heavy atom. The molecule has 0 atom stereocenters. The molecule has 1 aromatic heterocycles. The van der Waals surface area contributed by atoms with Gasteiger partial charge in [0.1, 0.15) is 0 Å². The van der Waals surface area contributed by atoms with E-state index in [1.165, 1.54) is 0 Å². The smallest absolute Gasteiger partial charge is 0.229 e. The molecule has 0 amide bonds. The maximum absolute atomic E-state index is 5.50. The van der Waals surface area contributed by atoms with Gasteiger partial charge in [0.25, 0.3) is 0 Å². The molecule has 0 fully saturated rings.